The molecule has 1 N–H and O–H groups in total. The number of hydrogen-bond acceptors (Lipinski definition) is 5. The molecule has 0 spiro atoms. The van der Waals surface area contributed by atoms with E-state index in [0.717, 1.165) is 9.87 Å². The lowest BCUT2D eigenvalue weighted by Gasteiger charge is -2.25. The van der Waals surface area contributed by atoms with Gasteiger partial charge in [-0.15, -0.1) is 0 Å². The predicted molar refractivity (Wildman–Crippen MR) is 133 cm³/mol. The van der Waals surface area contributed by atoms with Gasteiger partial charge in [-0.3, -0.25) is 9.10 Å². The summed E-state index contributed by atoms with van der Waals surface area (Å²) in [5.41, 5.74) is 1.49. The fourth-order valence-electron chi connectivity index (χ4n) is 3.07. The average Bonchev–Trinajstić information content (AvgIpc) is 2.80. The van der Waals surface area contributed by atoms with E-state index < -0.39 is 28.4 Å². The molecule has 0 saturated heterocycles. The van der Waals surface area contributed by atoms with Gasteiger partial charge in [-0.2, -0.15) is 0 Å². The number of nitrogens with zero attached hydrogens (tertiary/aromatic N) is 1. The summed E-state index contributed by atoms with van der Waals surface area (Å²) in [5.74, 6) is -1.20. The summed E-state index contributed by atoms with van der Waals surface area (Å²) < 4.78 is 32.8. The van der Waals surface area contributed by atoms with E-state index in [1.54, 1.807) is 31.2 Å². The molecule has 0 aliphatic heterocycles. The number of benzene rings is 3. The SMILES string of the molecule is CCOC(=O)c1ccc(NC(=O)CN(c2ccccc2Cl)S(=O)(=O)c2ccc(C)cc2)c(Cl)c1. The van der Waals surface area contributed by atoms with Crippen LogP contribution in [0.15, 0.2) is 71.6 Å². The molecular formula is C24H22Cl2N2O5S. The molecule has 0 fully saturated rings. The zero-order chi connectivity index (χ0) is 24.9. The Kier molecular flexibility index (Phi) is 8.19. The van der Waals surface area contributed by atoms with Crippen LogP contribution in [0.4, 0.5) is 11.4 Å². The van der Waals surface area contributed by atoms with Gasteiger partial charge in [0.15, 0.2) is 0 Å². The summed E-state index contributed by atoms with van der Waals surface area (Å²) >= 11 is 12.5. The van der Waals surface area contributed by atoms with Gasteiger partial charge < -0.3 is 10.1 Å². The molecule has 7 nitrogen and oxygen atoms in total. The Labute approximate surface area is 208 Å². The molecule has 0 atom stereocenters. The second kappa shape index (κ2) is 10.9. The smallest absolute Gasteiger partial charge is 0.338 e. The number of amides is 1. The Morgan fingerprint density at radius 1 is 0.971 bits per heavy atom. The Morgan fingerprint density at radius 2 is 1.65 bits per heavy atom. The van der Waals surface area contributed by atoms with Crippen molar-refractivity contribution in [3.05, 3.63) is 87.9 Å². The second-order valence-corrected chi connectivity index (χ2v) is 9.92. The van der Waals surface area contributed by atoms with E-state index >= 15 is 0 Å². The van der Waals surface area contributed by atoms with Crippen LogP contribution in [0.1, 0.15) is 22.8 Å². The van der Waals surface area contributed by atoms with Crippen LogP contribution in [0.2, 0.25) is 10.0 Å². The second-order valence-electron chi connectivity index (χ2n) is 7.24. The van der Waals surface area contributed by atoms with Crippen LogP contribution in [0.3, 0.4) is 0 Å². The highest BCUT2D eigenvalue weighted by Gasteiger charge is 2.29. The van der Waals surface area contributed by atoms with E-state index in [1.807, 2.05) is 6.92 Å². The maximum Gasteiger partial charge on any atom is 0.338 e. The summed E-state index contributed by atoms with van der Waals surface area (Å²) in [6, 6.07) is 16.9. The van der Waals surface area contributed by atoms with E-state index in [4.69, 9.17) is 27.9 Å². The van der Waals surface area contributed by atoms with Gasteiger partial charge in [-0.05, 0) is 56.3 Å². The number of carbonyl (C=O) groups excluding carboxylic acids is 2. The fourth-order valence-corrected chi connectivity index (χ4v) is 5.02. The number of esters is 1. The number of halogens is 2. The first-order valence-corrected chi connectivity index (χ1v) is 12.4. The number of aryl methyl sites for hydroxylation is 1. The lowest BCUT2D eigenvalue weighted by molar-refractivity contribution is -0.114. The number of sulfonamides is 1. The van der Waals surface area contributed by atoms with Crippen molar-refractivity contribution in [2.24, 2.45) is 0 Å². The maximum absolute atomic E-state index is 13.4. The summed E-state index contributed by atoms with van der Waals surface area (Å²) in [7, 11) is -4.12. The molecule has 3 aromatic rings. The molecule has 0 radical (unpaired) electrons. The number of hydrogen-bond donors (Lipinski definition) is 1. The summed E-state index contributed by atoms with van der Waals surface area (Å²) in [5, 5.41) is 2.86. The first-order valence-electron chi connectivity index (χ1n) is 10.2. The van der Waals surface area contributed by atoms with Gasteiger partial charge in [-0.25, -0.2) is 13.2 Å². The average molecular weight is 521 g/mol. The third-order valence-corrected chi connectivity index (χ3v) is 7.18. The normalized spacial score (nSPS) is 11.1. The van der Waals surface area contributed by atoms with Crippen molar-refractivity contribution in [1.82, 2.24) is 0 Å². The highest BCUT2D eigenvalue weighted by molar-refractivity contribution is 7.92. The number of ether oxygens (including phenoxy) is 1. The van der Waals surface area contributed by atoms with E-state index in [-0.39, 0.29) is 38.5 Å². The molecule has 10 heteroatoms. The summed E-state index contributed by atoms with van der Waals surface area (Å²) in [6.07, 6.45) is 0. The molecule has 34 heavy (non-hydrogen) atoms. The number of nitrogens with one attached hydrogen (secondary N) is 1. The van der Waals surface area contributed by atoms with E-state index in [0.29, 0.717) is 0 Å². The molecule has 0 aliphatic rings. The van der Waals surface area contributed by atoms with E-state index in [2.05, 4.69) is 5.32 Å². The number of anilines is 2. The monoisotopic (exact) mass is 520 g/mol. The van der Waals surface area contributed by atoms with Crippen molar-refractivity contribution in [3.8, 4) is 0 Å². The van der Waals surface area contributed by atoms with Gasteiger partial charge in [0.1, 0.15) is 6.54 Å². The van der Waals surface area contributed by atoms with Crippen LogP contribution in [0.25, 0.3) is 0 Å². The first-order chi connectivity index (χ1) is 16.1. The molecule has 0 saturated carbocycles. The van der Waals surface area contributed by atoms with Crippen LogP contribution in [-0.4, -0.2) is 33.4 Å². The lowest BCUT2D eigenvalue weighted by atomic mass is 10.2. The summed E-state index contributed by atoms with van der Waals surface area (Å²) in [4.78, 5) is 24.8. The molecule has 0 aromatic heterocycles. The highest BCUT2D eigenvalue weighted by atomic mass is 35.5. The van der Waals surface area contributed by atoms with Crippen LogP contribution >= 0.6 is 23.2 Å². The number of carbonyl (C=O) groups is 2. The quantitative estimate of drug-likeness (QED) is 0.406. The molecule has 0 bridgehead atoms. The Hall–Kier alpha value is -3.07. The molecular weight excluding hydrogens is 499 g/mol. The van der Waals surface area contributed by atoms with Crippen molar-refractivity contribution in [3.63, 3.8) is 0 Å². The Morgan fingerprint density at radius 3 is 2.26 bits per heavy atom. The molecule has 0 aliphatic carbocycles. The van der Waals surface area contributed by atoms with Gasteiger partial charge in [0.2, 0.25) is 5.91 Å². The maximum atomic E-state index is 13.4. The van der Waals surface area contributed by atoms with Crippen LogP contribution < -0.4 is 9.62 Å². The summed E-state index contributed by atoms with van der Waals surface area (Å²) in [6.45, 7) is 3.17. The van der Waals surface area contributed by atoms with Crippen molar-refractivity contribution >= 4 is 56.5 Å². The van der Waals surface area contributed by atoms with Gasteiger partial charge in [-0.1, -0.05) is 53.0 Å². The number of rotatable bonds is 8. The highest BCUT2D eigenvalue weighted by Crippen LogP contribution is 2.31. The van der Waals surface area contributed by atoms with Crippen LogP contribution in [0.5, 0.6) is 0 Å². The predicted octanol–water partition coefficient (Wildman–Crippen LogP) is 5.31. The standard InChI is InChI=1S/C24H22Cl2N2O5S/c1-3-33-24(30)17-10-13-21(20(26)14-17)27-23(29)15-28(22-7-5-4-6-19(22)25)34(31,32)18-11-8-16(2)9-12-18/h4-14H,3,15H2,1-2H3,(H,27,29). The molecule has 1 amide bonds. The zero-order valence-corrected chi connectivity index (χ0v) is 20.7. The molecule has 0 heterocycles. The first kappa shape index (κ1) is 25.6. The van der Waals surface area contributed by atoms with Crippen LogP contribution in [-0.2, 0) is 19.6 Å². The minimum atomic E-state index is -4.12. The third kappa shape index (κ3) is 5.88. The van der Waals surface area contributed by atoms with Gasteiger partial charge in [0.05, 0.1) is 38.5 Å². The zero-order valence-electron chi connectivity index (χ0n) is 18.4. The molecule has 3 rings (SSSR count). The van der Waals surface area contributed by atoms with E-state index in [9.17, 15) is 18.0 Å². The number of para-hydroxylation sites is 1. The topological polar surface area (TPSA) is 92.8 Å². The Bertz CT molecular complexity index is 1310. The Balaban J connectivity index is 1.90. The molecule has 3 aromatic carbocycles. The fraction of sp³-hybridized carbons (Fsp3) is 0.167. The third-order valence-electron chi connectivity index (χ3n) is 4.77. The van der Waals surface area contributed by atoms with Crippen molar-refractivity contribution in [2.45, 2.75) is 18.7 Å². The van der Waals surface area contributed by atoms with Crippen molar-refractivity contribution in [2.75, 3.05) is 22.8 Å². The minimum Gasteiger partial charge on any atom is -0.462 e. The van der Waals surface area contributed by atoms with Gasteiger partial charge >= 0.3 is 5.97 Å². The van der Waals surface area contributed by atoms with Gasteiger partial charge in [0.25, 0.3) is 10.0 Å². The largest absolute Gasteiger partial charge is 0.462 e. The lowest BCUT2D eigenvalue weighted by Crippen LogP contribution is -2.38. The van der Waals surface area contributed by atoms with Crippen LogP contribution in [0, 0.1) is 6.92 Å². The minimum absolute atomic E-state index is 0.0163. The molecule has 0 unspecified atom stereocenters. The van der Waals surface area contributed by atoms with E-state index in [1.165, 1.54) is 42.5 Å². The van der Waals surface area contributed by atoms with Gasteiger partial charge in [0, 0.05) is 0 Å². The molecule has 178 valence electrons. The van der Waals surface area contributed by atoms with Crippen molar-refractivity contribution in [1.29, 1.82) is 0 Å². The van der Waals surface area contributed by atoms with Crippen molar-refractivity contribution < 1.29 is 22.7 Å².